The van der Waals surface area contributed by atoms with Gasteiger partial charge in [0.2, 0.25) is 5.43 Å². The number of ether oxygens (including phenoxy) is 2. The van der Waals surface area contributed by atoms with Crippen LogP contribution < -0.4 is 10.2 Å². The summed E-state index contributed by atoms with van der Waals surface area (Å²) in [5.74, 6) is -0.223. The highest BCUT2D eigenvalue weighted by atomic mass is 16.5. The highest BCUT2D eigenvalue weighted by Gasteiger charge is 2.23. The van der Waals surface area contributed by atoms with Crippen LogP contribution in [0.3, 0.4) is 0 Å². The maximum atomic E-state index is 12.5. The number of nitrogens with zero attached hydrogens (tertiary/aromatic N) is 1. The number of esters is 1. The van der Waals surface area contributed by atoms with Crippen LogP contribution in [0.5, 0.6) is 5.75 Å². The molecule has 128 valence electrons. The fourth-order valence-electron chi connectivity index (χ4n) is 2.48. The zero-order valence-corrected chi connectivity index (χ0v) is 14.5. The van der Waals surface area contributed by atoms with Crippen LogP contribution in [0.4, 0.5) is 0 Å². The van der Waals surface area contributed by atoms with Gasteiger partial charge in [-0.05, 0) is 18.4 Å². The Hall–Kier alpha value is -2.56. The number of benzene rings is 1. The summed E-state index contributed by atoms with van der Waals surface area (Å²) in [5.41, 5.74) is 1.33. The minimum atomic E-state index is -0.573. The number of aryl methyl sites for hydroxylation is 1. The van der Waals surface area contributed by atoms with Gasteiger partial charge in [0.1, 0.15) is 6.61 Å². The van der Waals surface area contributed by atoms with Crippen molar-refractivity contribution in [3.8, 4) is 5.75 Å². The maximum absolute atomic E-state index is 12.5. The Labute approximate surface area is 141 Å². The van der Waals surface area contributed by atoms with Crippen LogP contribution in [-0.4, -0.2) is 17.6 Å². The van der Waals surface area contributed by atoms with Crippen LogP contribution in [0, 0.1) is 12.8 Å². The molecule has 0 aliphatic heterocycles. The van der Waals surface area contributed by atoms with Crippen LogP contribution >= 0.6 is 0 Å². The van der Waals surface area contributed by atoms with E-state index in [1.165, 1.54) is 7.11 Å². The standard InChI is InChI=1S/C19H23NO4/c1-13(2)10-20-11-14(3)17(21)18(16(20)19(22)23-4)24-12-15-8-6-5-7-9-15/h5-9,11,13H,10,12H2,1-4H3. The summed E-state index contributed by atoms with van der Waals surface area (Å²) in [6.07, 6.45) is 1.68. The summed E-state index contributed by atoms with van der Waals surface area (Å²) >= 11 is 0. The first-order chi connectivity index (χ1) is 11.4. The highest BCUT2D eigenvalue weighted by Crippen LogP contribution is 2.19. The van der Waals surface area contributed by atoms with E-state index in [1.54, 1.807) is 17.7 Å². The lowest BCUT2D eigenvalue weighted by Crippen LogP contribution is -2.24. The van der Waals surface area contributed by atoms with Gasteiger partial charge in [0.15, 0.2) is 11.4 Å². The predicted molar refractivity (Wildman–Crippen MR) is 92.4 cm³/mol. The van der Waals surface area contributed by atoms with Crippen LogP contribution in [-0.2, 0) is 17.9 Å². The quantitative estimate of drug-likeness (QED) is 0.764. The van der Waals surface area contributed by atoms with Gasteiger partial charge >= 0.3 is 5.97 Å². The van der Waals surface area contributed by atoms with Crippen molar-refractivity contribution in [2.75, 3.05) is 7.11 Å². The number of methoxy groups -OCH3 is 1. The van der Waals surface area contributed by atoms with E-state index in [4.69, 9.17) is 9.47 Å². The highest BCUT2D eigenvalue weighted by molar-refractivity contribution is 5.90. The third-order valence-corrected chi connectivity index (χ3v) is 3.58. The van der Waals surface area contributed by atoms with Crippen molar-refractivity contribution in [1.29, 1.82) is 0 Å². The molecule has 1 aromatic carbocycles. The number of rotatable bonds is 6. The van der Waals surface area contributed by atoms with Gasteiger partial charge in [0.25, 0.3) is 0 Å². The Morgan fingerprint density at radius 1 is 1.21 bits per heavy atom. The largest absolute Gasteiger partial charge is 0.482 e. The van der Waals surface area contributed by atoms with Gasteiger partial charge < -0.3 is 14.0 Å². The molecule has 0 amide bonds. The van der Waals surface area contributed by atoms with Crippen LogP contribution in [0.15, 0.2) is 41.3 Å². The van der Waals surface area contributed by atoms with Crippen LogP contribution in [0.25, 0.3) is 0 Å². The molecule has 0 saturated carbocycles. The summed E-state index contributed by atoms with van der Waals surface area (Å²) in [5, 5.41) is 0. The lowest BCUT2D eigenvalue weighted by molar-refractivity contribution is 0.0579. The number of carbonyl (C=O) groups is 1. The molecule has 0 atom stereocenters. The Balaban J connectivity index is 2.48. The van der Waals surface area contributed by atoms with Gasteiger partial charge in [-0.25, -0.2) is 4.79 Å². The van der Waals surface area contributed by atoms with Crippen molar-refractivity contribution < 1.29 is 14.3 Å². The molecule has 24 heavy (non-hydrogen) atoms. The van der Waals surface area contributed by atoms with Crippen molar-refractivity contribution in [1.82, 2.24) is 4.57 Å². The maximum Gasteiger partial charge on any atom is 0.358 e. The summed E-state index contributed by atoms with van der Waals surface area (Å²) in [6.45, 7) is 6.60. The molecule has 0 spiro atoms. The fraction of sp³-hybridized carbons (Fsp3) is 0.368. The first-order valence-corrected chi connectivity index (χ1v) is 7.93. The van der Waals surface area contributed by atoms with Crippen molar-refractivity contribution in [3.63, 3.8) is 0 Å². The zero-order valence-electron chi connectivity index (χ0n) is 14.5. The van der Waals surface area contributed by atoms with Crippen molar-refractivity contribution in [2.45, 2.75) is 33.9 Å². The molecule has 0 radical (unpaired) electrons. The predicted octanol–water partition coefficient (Wildman–Crippen LogP) is 3.18. The second kappa shape index (κ2) is 7.81. The molecular weight excluding hydrogens is 306 g/mol. The number of aromatic nitrogens is 1. The normalized spacial score (nSPS) is 10.7. The summed E-state index contributed by atoms with van der Waals surface area (Å²) in [4.78, 5) is 24.8. The minimum absolute atomic E-state index is 0.0475. The topological polar surface area (TPSA) is 57.5 Å². The lowest BCUT2D eigenvalue weighted by atomic mass is 10.1. The number of hydrogen-bond donors (Lipinski definition) is 0. The third-order valence-electron chi connectivity index (χ3n) is 3.58. The van der Waals surface area contributed by atoms with Gasteiger partial charge in [0, 0.05) is 18.3 Å². The van der Waals surface area contributed by atoms with Crippen LogP contribution in [0.2, 0.25) is 0 Å². The molecule has 5 nitrogen and oxygen atoms in total. The van der Waals surface area contributed by atoms with E-state index < -0.39 is 5.97 Å². The van der Waals surface area contributed by atoms with Gasteiger partial charge in [0.05, 0.1) is 7.11 Å². The number of carbonyl (C=O) groups excluding carboxylic acids is 1. The Bertz CT molecular complexity index is 763. The van der Waals surface area contributed by atoms with Crippen LogP contribution in [0.1, 0.15) is 35.5 Å². The van der Waals surface area contributed by atoms with E-state index in [9.17, 15) is 9.59 Å². The molecule has 0 unspecified atom stereocenters. The molecule has 0 aliphatic rings. The fourth-order valence-corrected chi connectivity index (χ4v) is 2.48. The molecular formula is C19H23NO4. The van der Waals surface area contributed by atoms with Gasteiger partial charge in [-0.2, -0.15) is 0 Å². The molecule has 0 bridgehead atoms. The average molecular weight is 329 g/mol. The van der Waals surface area contributed by atoms with E-state index in [2.05, 4.69) is 0 Å². The van der Waals surface area contributed by atoms with E-state index in [-0.39, 0.29) is 23.5 Å². The summed E-state index contributed by atoms with van der Waals surface area (Å²) < 4.78 is 12.4. The Kier molecular flexibility index (Phi) is 5.79. The molecule has 0 aliphatic carbocycles. The summed E-state index contributed by atoms with van der Waals surface area (Å²) in [7, 11) is 1.30. The molecule has 2 aromatic rings. The summed E-state index contributed by atoms with van der Waals surface area (Å²) in [6, 6.07) is 9.51. The van der Waals surface area contributed by atoms with E-state index in [1.807, 2.05) is 44.2 Å². The van der Waals surface area contributed by atoms with Gasteiger partial charge in [-0.15, -0.1) is 0 Å². The van der Waals surface area contributed by atoms with Gasteiger partial charge in [-0.1, -0.05) is 44.2 Å². The zero-order chi connectivity index (χ0) is 17.7. The first-order valence-electron chi connectivity index (χ1n) is 7.93. The van der Waals surface area contributed by atoms with Crippen molar-refractivity contribution in [3.05, 3.63) is 63.6 Å². The van der Waals surface area contributed by atoms with Crippen molar-refractivity contribution >= 4 is 5.97 Å². The van der Waals surface area contributed by atoms with Crippen molar-refractivity contribution in [2.24, 2.45) is 5.92 Å². The first kappa shape index (κ1) is 17.8. The Morgan fingerprint density at radius 3 is 2.46 bits per heavy atom. The molecule has 0 fully saturated rings. The smallest absolute Gasteiger partial charge is 0.358 e. The third kappa shape index (κ3) is 4.04. The molecule has 1 heterocycles. The minimum Gasteiger partial charge on any atom is -0.482 e. The SMILES string of the molecule is COC(=O)c1c(OCc2ccccc2)c(=O)c(C)cn1CC(C)C. The van der Waals surface area contributed by atoms with E-state index in [0.717, 1.165) is 5.56 Å². The second-order valence-corrected chi connectivity index (χ2v) is 6.13. The van der Waals surface area contributed by atoms with E-state index >= 15 is 0 Å². The lowest BCUT2D eigenvalue weighted by Gasteiger charge is -2.18. The number of pyridine rings is 1. The Morgan fingerprint density at radius 2 is 1.88 bits per heavy atom. The second-order valence-electron chi connectivity index (χ2n) is 6.13. The molecule has 1 aromatic heterocycles. The monoisotopic (exact) mass is 329 g/mol. The average Bonchev–Trinajstić information content (AvgIpc) is 2.56. The molecule has 2 rings (SSSR count). The molecule has 0 N–H and O–H groups in total. The molecule has 0 saturated heterocycles. The van der Waals surface area contributed by atoms with Gasteiger partial charge in [-0.3, -0.25) is 4.79 Å². The number of hydrogen-bond acceptors (Lipinski definition) is 4. The molecule has 5 heteroatoms. The van der Waals surface area contributed by atoms with E-state index in [0.29, 0.717) is 18.0 Å².